The number of thiophene rings is 2. The SMILES string of the molecule is C#Cc1ccc(-c2ccc(-c3cccs3)c3nsnc23)s1. The average molecular weight is 324 g/mol. The molecule has 100 valence electrons. The van der Waals surface area contributed by atoms with Crippen LogP contribution in [0.25, 0.3) is 31.9 Å². The smallest absolute Gasteiger partial charge is 0.114 e. The fourth-order valence-corrected chi connectivity index (χ4v) is 4.43. The molecular weight excluding hydrogens is 316 g/mol. The number of fused-ring (bicyclic) bond motifs is 1. The summed E-state index contributed by atoms with van der Waals surface area (Å²) in [6.45, 7) is 0. The lowest BCUT2D eigenvalue weighted by Crippen LogP contribution is -1.81. The van der Waals surface area contributed by atoms with Gasteiger partial charge < -0.3 is 0 Å². The molecular formula is C16H8N2S3. The van der Waals surface area contributed by atoms with Crippen molar-refractivity contribution in [3.63, 3.8) is 0 Å². The van der Waals surface area contributed by atoms with Crippen molar-refractivity contribution in [2.45, 2.75) is 0 Å². The van der Waals surface area contributed by atoms with E-state index in [9.17, 15) is 0 Å². The summed E-state index contributed by atoms with van der Waals surface area (Å²) in [5, 5.41) is 2.08. The largest absolute Gasteiger partial charge is 0.172 e. The van der Waals surface area contributed by atoms with Crippen molar-refractivity contribution < 1.29 is 0 Å². The summed E-state index contributed by atoms with van der Waals surface area (Å²) in [5.41, 5.74) is 4.17. The normalized spacial score (nSPS) is 10.8. The molecule has 0 amide bonds. The van der Waals surface area contributed by atoms with E-state index in [2.05, 4.69) is 50.4 Å². The quantitative estimate of drug-likeness (QED) is 0.478. The second-order valence-electron chi connectivity index (χ2n) is 4.41. The Kier molecular flexibility index (Phi) is 3.08. The highest BCUT2D eigenvalue weighted by atomic mass is 32.1. The zero-order valence-electron chi connectivity index (χ0n) is 10.7. The van der Waals surface area contributed by atoms with Gasteiger partial charge in [-0.15, -0.1) is 29.1 Å². The Balaban J connectivity index is 1.95. The lowest BCUT2D eigenvalue weighted by atomic mass is 10.1. The highest BCUT2D eigenvalue weighted by molar-refractivity contribution is 7.16. The summed E-state index contributed by atoms with van der Waals surface area (Å²) in [5.74, 6) is 2.68. The fraction of sp³-hybridized carbons (Fsp3) is 0. The maximum atomic E-state index is 5.46. The van der Waals surface area contributed by atoms with Crippen molar-refractivity contribution in [3.8, 4) is 33.2 Å². The number of rotatable bonds is 2. The highest BCUT2D eigenvalue weighted by Gasteiger charge is 2.14. The number of hydrogen-bond donors (Lipinski definition) is 0. The van der Waals surface area contributed by atoms with Gasteiger partial charge in [0.1, 0.15) is 11.0 Å². The van der Waals surface area contributed by atoms with E-state index < -0.39 is 0 Å². The minimum atomic E-state index is 0.934. The third-order valence-electron chi connectivity index (χ3n) is 3.22. The minimum absolute atomic E-state index is 0.934. The molecule has 0 saturated carbocycles. The van der Waals surface area contributed by atoms with Crippen molar-refractivity contribution >= 4 is 45.4 Å². The van der Waals surface area contributed by atoms with Gasteiger partial charge in [0.2, 0.25) is 0 Å². The number of benzene rings is 1. The van der Waals surface area contributed by atoms with Crippen molar-refractivity contribution in [2.75, 3.05) is 0 Å². The molecule has 0 spiro atoms. The van der Waals surface area contributed by atoms with Gasteiger partial charge in [-0.1, -0.05) is 24.1 Å². The molecule has 0 saturated heterocycles. The van der Waals surface area contributed by atoms with Gasteiger partial charge in [-0.25, -0.2) is 0 Å². The molecule has 0 aliphatic heterocycles. The van der Waals surface area contributed by atoms with Crippen LogP contribution in [-0.4, -0.2) is 8.75 Å². The first-order chi connectivity index (χ1) is 10.4. The van der Waals surface area contributed by atoms with Crippen LogP contribution in [0.2, 0.25) is 0 Å². The third kappa shape index (κ3) is 2.09. The molecule has 4 aromatic rings. The van der Waals surface area contributed by atoms with Crippen LogP contribution in [0.1, 0.15) is 4.88 Å². The monoisotopic (exact) mass is 324 g/mol. The van der Waals surface area contributed by atoms with E-state index in [1.54, 1.807) is 22.7 Å². The van der Waals surface area contributed by atoms with Crippen molar-refractivity contribution in [1.82, 2.24) is 8.75 Å². The van der Waals surface area contributed by atoms with E-state index in [1.165, 1.54) is 16.6 Å². The van der Waals surface area contributed by atoms with E-state index in [1.807, 2.05) is 6.07 Å². The zero-order valence-corrected chi connectivity index (χ0v) is 13.2. The second-order valence-corrected chi connectivity index (χ2v) is 6.97. The lowest BCUT2D eigenvalue weighted by molar-refractivity contribution is 1.63. The number of hydrogen-bond acceptors (Lipinski definition) is 5. The fourth-order valence-electron chi connectivity index (χ4n) is 2.26. The van der Waals surface area contributed by atoms with Gasteiger partial charge in [-0.05, 0) is 23.6 Å². The molecule has 0 atom stereocenters. The van der Waals surface area contributed by atoms with Gasteiger partial charge >= 0.3 is 0 Å². The van der Waals surface area contributed by atoms with E-state index >= 15 is 0 Å². The summed E-state index contributed by atoms with van der Waals surface area (Å²) in [6, 6.07) is 12.4. The van der Waals surface area contributed by atoms with E-state index in [-0.39, 0.29) is 0 Å². The summed E-state index contributed by atoms with van der Waals surface area (Å²) in [6.07, 6.45) is 5.46. The van der Waals surface area contributed by atoms with Gasteiger partial charge in [-0.2, -0.15) is 8.75 Å². The van der Waals surface area contributed by atoms with Gasteiger partial charge in [0, 0.05) is 20.9 Å². The predicted octanol–water partition coefficient (Wildman–Crippen LogP) is 5.13. The Hall–Kier alpha value is -2.00. The summed E-state index contributed by atoms with van der Waals surface area (Å²) < 4.78 is 8.98. The Bertz CT molecular complexity index is 955. The molecule has 0 bridgehead atoms. The Morgan fingerprint density at radius 2 is 1.67 bits per heavy atom. The maximum Gasteiger partial charge on any atom is 0.114 e. The van der Waals surface area contributed by atoms with Crippen LogP contribution in [0, 0.1) is 12.3 Å². The van der Waals surface area contributed by atoms with Gasteiger partial charge in [0.05, 0.1) is 16.6 Å². The van der Waals surface area contributed by atoms with Crippen molar-refractivity contribution in [1.29, 1.82) is 0 Å². The number of nitrogens with zero attached hydrogens (tertiary/aromatic N) is 2. The molecule has 0 fully saturated rings. The molecule has 0 N–H and O–H groups in total. The summed E-state index contributed by atoms with van der Waals surface area (Å²) >= 11 is 4.58. The van der Waals surface area contributed by atoms with Crippen molar-refractivity contribution in [2.24, 2.45) is 0 Å². The van der Waals surface area contributed by atoms with Crippen LogP contribution in [0.5, 0.6) is 0 Å². The van der Waals surface area contributed by atoms with Crippen LogP contribution < -0.4 is 0 Å². The molecule has 3 aromatic heterocycles. The highest BCUT2D eigenvalue weighted by Crippen LogP contribution is 2.38. The molecule has 0 radical (unpaired) electrons. The average Bonchev–Trinajstić information content (AvgIpc) is 3.25. The molecule has 4 rings (SSSR count). The summed E-state index contributed by atoms with van der Waals surface area (Å²) in [4.78, 5) is 3.29. The van der Waals surface area contributed by atoms with E-state index in [0.717, 1.165) is 31.9 Å². The Morgan fingerprint density at radius 3 is 2.29 bits per heavy atom. The molecule has 0 unspecified atom stereocenters. The minimum Gasteiger partial charge on any atom is -0.172 e. The maximum absolute atomic E-state index is 5.46. The predicted molar refractivity (Wildman–Crippen MR) is 92.0 cm³/mol. The van der Waals surface area contributed by atoms with Crippen LogP contribution in [0.3, 0.4) is 0 Å². The molecule has 21 heavy (non-hydrogen) atoms. The molecule has 0 aliphatic rings. The summed E-state index contributed by atoms with van der Waals surface area (Å²) in [7, 11) is 0. The molecule has 1 aromatic carbocycles. The number of terminal acetylenes is 1. The topological polar surface area (TPSA) is 25.8 Å². The first-order valence-corrected chi connectivity index (χ1v) is 8.65. The molecule has 0 aliphatic carbocycles. The first-order valence-electron chi connectivity index (χ1n) is 6.23. The van der Waals surface area contributed by atoms with Crippen LogP contribution in [0.15, 0.2) is 41.8 Å². The van der Waals surface area contributed by atoms with Crippen molar-refractivity contribution in [3.05, 3.63) is 46.7 Å². The number of aromatic nitrogens is 2. The second kappa shape index (κ2) is 5.08. The van der Waals surface area contributed by atoms with Gasteiger partial charge in [-0.3, -0.25) is 0 Å². The van der Waals surface area contributed by atoms with Crippen LogP contribution >= 0.6 is 34.4 Å². The Morgan fingerprint density at radius 1 is 0.905 bits per heavy atom. The molecule has 3 heterocycles. The molecule has 2 nitrogen and oxygen atoms in total. The zero-order chi connectivity index (χ0) is 14.2. The first kappa shape index (κ1) is 12.7. The van der Waals surface area contributed by atoms with Crippen LogP contribution in [0.4, 0.5) is 0 Å². The standard InChI is InChI=1S/C16H8N2S3/c1-2-10-5-8-14(20-10)12-7-6-11(13-4-3-9-19-13)15-16(12)18-21-17-15/h1,3-9H. The van der Waals surface area contributed by atoms with E-state index in [4.69, 9.17) is 6.42 Å². The van der Waals surface area contributed by atoms with Gasteiger partial charge in [0.25, 0.3) is 0 Å². The van der Waals surface area contributed by atoms with Gasteiger partial charge in [0.15, 0.2) is 0 Å². The van der Waals surface area contributed by atoms with Crippen LogP contribution in [-0.2, 0) is 0 Å². The molecule has 5 heteroatoms. The van der Waals surface area contributed by atoms with E-state index in [0.29, 0.717) is 0 Å². The lowest BCUT2D eigenvalue weighted by Gasteiger charge is -2.03. The Labute approximate surface area is 134 Å². The third-order valence-corrected chi connectivity index (χ3v) is 5.70.